The topological polar surface area (TPSA) is 6.48 Å². The summed E-state index contributed by atoms with van der Waals surface area (Å²) in [5, 5.41) is 1.19. The van der Waals surface area contributed by atoms with Crippen LogP contribution in [0.15, 0.2) is 0 Å². The Morgan fingerprint density at radius 3 is 2.40 bits per heavy atom. The molecule has 0 bridgehead atoms. The predicted octanol–water partition coefficient (Wildman–Crippen LogP) is 2.19. The average Bonchev–Trinajstić information content (AvgIpc) is 2.88. The molecule has 1 unspecified atom stereocenters. The van der Waals surface area contributed by atoms with Crippen molar-refractivity contribution in [3.05, 3.63) is 0 Å². The van der Waals surface area contributed by atoms with E-state index in [1.165, 1.54) is 70.3 Å². The van der Waals surface area contributed by atoms with Gasteiger partial charge in [0.25, 0.3) is 0 Å². The molecule has 0 saturated carbocycles. The SMILES string of the molecule is BrCC1CCN(CCCN2CCCC2)C1. The molecule has 2 aliphatic heterocycles. The lowest BCUT2D eigenvalue weighted by Crippen LogP contribution is -2.27. The lowest BCUT2D eigenvalue weighted by atomic mass is 10.2. The molecule has 0 N–H and O–H groups in total. The van der Waals surface area contributed by atoms with Gasteiger partial charge in [0.2, 0.25) is 0 Å². The molecule has 88 valence electrons. The van der Waals surface area contributed by atoms with E-state index in [-0.39, 0.29) is 0 Å². The number of nitrogens with zero attached hydrogens (tertiary/aromatic N) is 2. The minimum atomic E-state index is 0.914. The molecule has 2 rings (SSSR count). The first-order chi connectivity index (χ1) is 7.38. The van der Waals surface area contributed by atoms with E-state index >= 15 is 0 Å². The summed E-state index contributed by atoms with van der Waals surface area (Å²) in [6, 6.07) is 0. The molecule has 3 heteroatoms. The average molecular weight is 275 g/mol. The van der Waals surface area contributed by atoms with E-state index in [1.807, 2.05) is 0 Å². The highest BCUT2D eigenvalue weighted by atomic mass is 79.9. The van der Waals surface area contributed by atoms with Crippen LogP contribution in [-0.4, -0.2) is 54.4 Å². The molecular formula is C12H23BrN2. The van der Waals surface area contributed by atoms with Crippen molar-refractivity contribution in [2.24, 2.45) is 5.92 Å². The molecule has 1 atom stereocenters. The second-order valence-corrected chi connectivity index (χ2v) is 5.66. The predicted molar refractivity (Wildman–Crippen MR) is 68.6 cm³/mol. The maximum atomic E-state index is 3.59. The van der Waals surface area contributed by atoms with Crippen molar-refractivity contribution in [2.75, 3.05) is 44.6 Å². The first-order valence-electron chi connectivity index (χ1n) is 6.39. The Morgan fingerprint density at radius 2 is 1.73 bits per heavy atom. The van der Waals surface area contributed by atoms with Crippen LogP contribution in [0, 0.1) is 5.92 Å². The zero-order valence-electron chi connectivity index (χ0n) is 9.63. The molecule has 0 amide bonds. The molecule has 2 saturated heterocycles. The summed E-state index contributed by atoms with van der Waals surface area (Å²) >= 11 is 3.59. The molecule has 0 aromatic heterocycles. The molecule has 0 aromatic rings. The fourth-order valence-corrected chi connectivity index (χ4v) is 3.29. The Kier molecular flexibility index (Phi) is 4.92. The van der Waals surface area contributed by atoms with E-state index in [1.54, 1.807) is 0 Å². The Balaban J connectivity index is 1.54. The fourth-order valence-electron chi connectivity index (χ4n) is 2.77. The third-order valence-electron chi connectivity index (χ3n) is 3.74. The highest BCUT2D eigenvalue weighted by Crippen LogP contribution is 2.18. The van der Waals surface area contributed by atoms with E-state index in [0.717, 1.165) is 5.92 Å². The van der Waals surface area contributed by atoms with Gasteiger partial charge in [-0.15, -0.1) is 0 Å². The molecule has 15 heavy (non-hydrogen) atoms. The summed E-state index contributed by atoms with van der Waals surface area (Å²) in [7, 11) is 0. The summed E-state index contributed by atoms with van der Waals surface area (Å²) in [5.74, 6) is 0.914. The van der Waals surface area contributed by atoms with Gasteiger partial charge in [-0.05, 0) is 64.3 Å². The normalized spacial score (nSPS) is 29.0. The van der Waals surface area contributed by atoms with Crippen LogP contribution in [0.1, 0.15) is 25.7 Å². The van der Waals surface area contributed by atoms with Crippen LogP contribution in [0.25, 0.3) is 0 Å². The second kappa shape index (κ2) is 6.21. The lowest BCUT2D eigenvalue weighted by Gasteiger charge is -2.18. The molecule has 0 spiro atoms. The summed E-state index contributed by atoms with van der Waals surface area (Å²) in [6.45, 7) is 8.01. The number of hydrogen-bond donors (Lipinski definition) is 0. The van der Waals surface area contributed by atoms with Gasteiger partial charge >= 0.3 is 0 Å². The number of halogens is 1. The van der Waals surface area contributed by atoms with Crippen molar-refractivity contribution < 1.29 is 0 Å². The van der Waals surface area contributed by atoms with Crippen LogP contribution in [0.5, 0.6) is 0 Å². The minimum absolute atomic E-state index is 0.914. The first kappa shape index (κ1) is 11.9. The molecular weight excluding hydrogens is 252 g/mol. The van der Waals surface area contributed by atoms with Crippen LogP contribution < -0.4 is 0 Å². The highest BCUT2D eigenvalue weighted by molar-refractivity contribution is 9.09. The number of alkyl halides is 1. The van der Waals surface area contributed by atoms with Crippen molar-refractivity contribution in [1.82, 2.24) is 9.80 Å². The van der Waals surface area contributed by atoms with Gasteiger partial charge < -0.3 is 9.80 Å². The quantitative estimate of drug-likeness (QED) is 0.710. The van der Waals surface area contributed by atoms with Crippen LogP contribution in [-0.2, 0) is 0 Å². The maximum absolute atomic E-state index is 3.59. The third kappa shape index (κ3) is 3.72. The van der Waals surface area contributed by atoms with Crippen molar-refractivity contribution in [1.29, 1.82) is 0 Å². The van der Waals surface area contributed by atoms with Crippen LogP contribution in [0.4, 0.5) is 0 Å². The van der Waals surface area contributed by atoms with Crippen molar-refractivity contribution >= 4 is 15.9 Å². The number of likely N-dealkylation sites (tertiary alicyclic amines) is 2. The van der Waals surface area contributed by atoms with Crippen molar-refractivity contribution in [3.63, 3.8) is 0 Å². The number of hydrogen-bond acceptors (Lipinski definition) is 2. The zero-order valence-corrected chi connectivity index (χ0v) is 11.2. The van der Waals surface area contributed by atoms with Crippen LogP contribution in [0.3, 0.4) is 0 Å². The van der Waals surface area contributed by atoms with Gasteiger partial charge in [-0.25, -0.2) is 0 Å². The monoisotopic (exact) mass is 274 g/mol. The standard InChI is InChI=1S/C12H23BrN2/c13-10-12-4-9-15(11-12)8-3-7-14-5-1-2-6-14/h12H,1-11H2. The Hall–Kier alpha value is 0.400. The lowest BCUT2D eigenvalue weighted by molar-refractivity contribution is 0.276. The maximum Gasteiger partial charge on any atom is 0.00723 e. The molecule has 2 fully saturated rings. The van der Waals surface area contributed by atoms with Gasteiger partial charge in [-0.3, -0.25) is 0 Å². The summed E-state index contributed by atoms with van der Waals surface area (Å²) in [6.07, 6.45) is 5.62. The van der Waals surface area contributed by atoms with E-state index in [0.29, 0.717) is 0 Å². The summed E-state index contributed by atoms with van der Waals surface area (Å²) < 4.78 is 0. The zero-order chi connectivity index (χ0) is 10.5. The van der Waals surface area contributed by atoms with E-state index < -0.39 is 0 Å². The van der Waals surface area contributed by atoms with Gasteiger partial charge in [0.15, 0.2) is 0 Å². The molecule has 0 radical (unpaired) electrons. The largest absolute Gasteiger partial charge is 0.303 e. The van der Waals surface area contributed by atoms with Gasteiger partial charge in [-0.2, -0.15) is 0 Å². The minimum Gasteiger partial charge on any atom is -0.303 e. The Bertz CT molecular complexity index is 180. The smallest absolute Gasteiger partial charge is 0.00723 e. The van der Waals surface area contributed by atoms with Gasteiger partial charge in [-0.1, -0.05) is 15.9 Å². The van der Waals surface area contributed by atoms with E-state index in [4.69, 9.17) is 0 Å². The highest BCUT2D eigenvalue weighted by Gasteiger charge is 2.21. The van der Waals surface area contributed by atoms with Gasteiger partial charge in [0.1, 0.15) is 0 Å². The van der Waals surface area contributed by atoms with Crippen molar-refractivity contribution in [3.8, 4) is 0 Å². The summed E-state index contributed by atoms with van der Waals surface area (Å²) in [4.78, 5) is 5.26. The van der Waals surface area contributed by atoms with Crippen molar-refractivity contribution in [2.45, 2.75) is 25.7 Å². The fraction of sp³-hybridized carbons (Fsp3) is 1.00. The van der Waals surface area contributed by atoms with Gasteiger partial charge in [0, 0.05) is 11.9 Å². The Morgan fingerprint density at radius 1 is 1.00 bits per heavy atom. The van der Waals surface area contributed by atoms with E-state index in [9.17, 15) is 0 Å². The molecule has 2 nitrogen and oxygen atoms in total. The molecule has 0 aliphatic carbocycles. The van der Waals surface area contributed by atoms with Crippen LogP contribution >= 0.6 is 15.9 Å². The van der Waals surface area contributed by atoms with Crippen LogP contribution in [0.2, 0.25) is 0 Å². The Labute approximate surface area is 102 Å². The number of rotatable bonds is 5. The first-order valence-corrected chi connectivity index (χ1v) is 7.51. The van der Waals surface area contributed by atoms with Gasteiger partial charge in [0.05, 0.1) is 0 Å². The molecule has 2 aliphatic rings. The summed E-state index contributed by atoms with van der Waals surface area (Å²) in [5.41, 5.74) is 0. The molecule has 0 aromatic carbocycles. The third-order valence-corrected chi connectivity index (χ3v) is 4.65. The second-order valence-electron chi connectivity index (χ2n) is 5.01. The molecule has 2 heterocycles. The van der Waals surface area contributed by atoms with E-state index in [2.05, 4.69) is 25.7 Å².